The van der Waals surface area contributed by atoms with E-state index in [2.05, 4.69) is 12.2 Å². The van der Waals surface area contributed by atoms with Gasteiger partial charge in [0.2, 0.25) is 0 Å². The SMILES string of the molecule is ClC1=C(Cl)C2(Cl)C3C(Cl)C=CC3C1(Cl)C2(Cl)Cl.ClC1=C(Cl)[C@]2(Cl)[C@H]3[C@H]([C@@H]4C=C[C@H]3C4)[C@@]1(Cl)C2(Cl)Cl. The summed E-state index contributed by atoms with van der Waals surface area (Å²) in [6.07, 6.45) is 9.09. The lowest BCUT2D eigenvalue weighted by atomic mass is 9.75. The van der Waals surface area contributed by atoms with Crippen molar-refractivity contribution in [3.05, 3.63) is 44.4 Å². The van der Waals surface area contributed by atoms with Crippen LogP contribution in [0.5, 0.6) is 0 Å². The van der Waals surface area contributed by atoms with E-state index in [1.54, 1.807) is 0 Å². The Morgan fingerprint density at radius 2 is 0.886 bits per heavy atom. The van der Waals surface area contributed by atoms with Gasteiger partial charge in [-0.3, -0.25) is 0 Å². The summed E-state index contributed by atoms with van der Waals surface area (Å²) in [6, 6.07) is 0. The zero-order chi connectivity index (χ0) is 25.9. The van der Waals surface area contributed by atoms with Crippen LogP contribution in [0.2, 0.25) is 0 Å². The summed E-state index contributed by atoms with van der Waals surface area (Å²) in [5, 5.41) is 0.767. The van der Waals surface area contributed by atoms with Crippen molar-refractivity contribution in [1.82, 2.24) is 0 Å². The first-order valence-electron chi connectivity index (χ1n) is 10.6. The van der Waals surface area contributed by atoms with E-state index in [0.29, 0.717) is 21.9 Å². The molecule has 0 N–H and O–H groups in total. The lowest BCUT2D eigenvalue weighted by Gasteiger charge is -2.37. The van der Waals surface area contributed by atoms with Gasteiger partial charge in [-0.05, 0) is 30.1 Å². The molecule has 0 heterocycles. The van der Waals surface area contributed by atoms with Gasteiger partial charge in [-0.2, -0.15) is 0 Å². The number of fused-ring (bicyclic) bond motifs is 14. The number of hydrogen-bond acceptors (Lipinski definition) is 0. The van der Waals surface area contributed by atoms with E-state index in [1.807, 2.05) is 12.2 Å². The van der Waals surface area contributed by atoms with Crippen LogP contribution >= 0.6 is 151 Å². The molecule has 0 spiro atoms. The van der Waals surface area contributed by atoms with Gasteiger partial charge >= 0.3 is 0 Å². The number of alkyl halides is 9. The molecule has 5 unspecified atom stereocenters. The molecule has 0 aliphatic heterocycles. The molecule has 0 nitrogen and oxygen atoms in total. The maximum absolute atomic E-state index is 6.76. The molecule has 0 aromatic rings. The summed E-state index contributed by atoms with van der Waals surface area (Å²) in [5.41, 5.74) is 0. The molecule has 0 saturated heterocycles. The predicted molar refractivity (Wildman–Crippen MR) is 154 cm³/mol. The molecule has 7 rings (SSSR count). The van der Waals surface area contributed by atoms with Crippen LogP contribution in [-0.4, -0.2) is 33.5 Å². The Morgan fingerprint density at radius 3 is 1.34 bits per heavy atom. The molecule has 35 heavy (non-hydrogen) atoms. The molecule has 13 heteroatoms. The lowest BCUT2D eigenvalue weighted by Crippen LogP contribution is -2.46. The number of halogens is 13. The minimum atomic E-state index is -1.48. The molecule has 3 saturated carbocycles. The molecular weight excluding hydrogens is 725 g/mol. The quantitative estimate of drug-likeness (QED) is 0.132. The van der Waals surface area contributed by atoms with Crippen molar-refractivity contribution >= 4 is 151 Å². The normalized spacial score (nSPS) is 56.8. The van der Waals surface area contributed by atoms with Gasteiger partial charge in [-0.1, -0.05) is 117 Å². The third-order valence-corrected chi connectivity index (χ3v) is 18.0. The Hall–Kier alpha value is 2.73. The molecular formula is C22H13Cl13. The van der Waals surface area contributed by atoms with Crippen molar-refractivity contribution in [3.63, 3.8) is 0 Å². The van der Waals surface area contributed by atoms with Gasteiger partial charge < -0.3 is 0 Å². The van der Waals surface area contributed by atoms with Crippen LogP contribution < -0.4 is 0 Å². The Balaban J connectivity index is 0.000000131. The largest absolute Gasteiger partial charge is 0.167 e. The van der Waals surface area contributed by atoms with E-state index in [-0.39, 0.29) is 39.1 Å². The average molecular weight is 738 g/mol. The molecule has 0 aromatic carbocycles. The van der Waals surface area contributed by atoms with Gasteiger partial charge in [0.15, 0.2) is 8.67 Å². The summed E-state index contributed by atoms with van der Waals surface area (Å²) >= 11 is 83.7. The van der Waals surface area contributed by atoms with Crippen molar-refractivity contribution in [3.8, 4) is 0 Å². The Labute approximate surface area is 268 Å². The smallest absolute Gasteiger partial charge is 0.118 e. The fraction of sp³-hybridized carbons (Fsp3) is 0.636. The highest BCUT2D eigenvalue weighted by Gasteiger charge is 2.85. The Kier molecular flexibility index (Phi) is 6.34. The molecule has 192 valence electrons. The van der Waals surface area contributed by atoms with Crippen molar-refractivity contribution in [1.29, 1.82) is 0 Å². The minimum absolute atomic E-state index is 0.0664. The zero-order valence-electron chi connectivity index (χ0n) is 17.0. The summed E-state index contributed by atoms with van der Waals surface area (Å²) < 4.78 is -2.85. The maximum atomic E-state index is 6.76. The maximum Gasteiger partial charge on any atom is 0.167 e. The third kappa shape index (κ3) is 2.67. The summed E-state index contributed by atoms with van der Waals surface area (Å²) in [4.78, 5) is -4.57. The first kappa shape index (κ1) is 27.9. The monoisotopic (exact) mass is 732 g/mol. The number of allylic oxidation sites excluding steroid dienone is 8. The fourth-order valence-electron chi connectivity index (χ4n) is 7.56. The molecule has 7 aliphatic carbocycles. The van der Waals surface area contributed by atoms with Crippen LogP contribution in [0.3, 0.4) is 0 Å². The molecule has 0 aromatic heterocycles. The standard InChI is InChI=1S/C12H8Cl6.C10H5Cl7/c13-8-9(14)11(16)7-5-2-1-4(3-5)6(7)10(8,15)12(11,17)18;11-4-2-1-3-5(4)9(15)7(13)6(12)8(3,14)10(9,16)17/h1-2,4-7H,3H2;1-5H/t4-,5+,6+,7-,10+,11-;. The zero-order valence-corrected chi connectivity index (χ0v) is 26.8. The van der Waals surface area contributed by atoms with Crippen LogP contribution in [0.1, 0.15) is 6.42 Å². The average Bonchev–Trinajstić information content (AvgIpc) is 3.59. The summed E-state index contributed by atoms with van der Waals surface area (Å²) in [6.45, 7) is 0. The topological polar surface area (TPSA) is 0 Å². The second-order valence-corrected chi connectivity index (χ2v) is 17.2. The van der Waals surface area contributed by atoms with E-state index in [9.17, 15) is 0 Å². The molecule has 0 amide bonds. The van der Waals surface area contributed by atoms with Crippen LogP contribution in [0.4, 0.5) is 0 Å². The highest BCUT2D eigenvalue weighted by Crippen LogP contribution is 2.82. The van der Waals surface area contributed by atoms with Crippen LogP contribution in [0.25, 0.3) is 0 Å². The van der Waals surface area contributed by atoms with Crippen molar-refractivity contribution in [2.45, 2.75) is 40.0 Å². The fourth-order valence-corrected chi connectivity index (χ4v) is 14.2. The van der Waals surface area contributed by atoms with Crippen molar-refractivity contribution in [2.24, 2.45) is 35.5 Å². The van der Waals surface area contributed by atoms with Crippen molar-refractivity contribution < 1.29 is 0 Å². The van der Waals surface area contributed by atoms with E-state index in [1.165, 1.54) is 0 Å². The summed E-state index contributed by atoms with van der Waals surface area (Å²) in [7, 11) is 0. The molecule has 0 radical (unpaired) electrons. The Bertz CT molecular complexity index is 1130. The van der Waals surface area contributed by atoms with Gasteiger partial charge in [0, 0.05) is 11.8 Å². The predicted octanol–water partition coefficient (Wildman–Crippen LogP) is 10.5. The first-order valence-corrected chi connectivity index (χ1v) is 15.6. The van der Waals surface area contributed by atoms with E-state index < -0.39 is 28.2 Å². The van der Waals surface area contributed by atoms with Gasteiger partial charge in [0.25, 0.3) is 0 Å². The van der Waals surface area contributed by atoms with Gasteiger partial charge in [-0.25, -0.2) is 0 Å². The number of hydrogen-bond donors (Lipinski definition) is 0. The molecule has 7 aliphatic rings. The van der Waals surface area contributed by atoms with E-state index in [0.717, 1.165) is 6.42 Å². The molecule has 3 fully saturated rings. The third-order valence-electron chi connectivity index (χ3n) is 9.02. The van der Waals surface area contributed by atoms with Crippen LogP contribution in [-0.2, 0) is 0 Å². The van der Waals surface area contributed by atoms with Crippen LogP contribution in [0, 0.1) is 35.5 Å². The van der Waals surface area contributed by atoms with E-state index >= 15 is 0 Å². The second kappa shape index (κ2) is 7.96. The first-order chi connectivity index (χ1) is 16.0. The van der Waals surface area contributed by atoms with E-state index in [4.69, 9.17) is 151 Å². The summed E-state index contributed by atoms with van der Waals surface area (Å²) in [5.74, 6) is 0.345. The Morgan fingerprint density at radius 1 is 0.514 bits per heavy atom. The van der Waals surface area contributed by atoms with Crippen LogP contribution in [0.15, 0.2) is 44.4 Å². The van der Waals surface area contributed by atoms with Crippen molar-refractivity contribution in [2.75, 3.05) is 0 Å². The highest BCUT2D eigenvalue weighted by atomic mass is 35.5. The second-order valence-electron chi connectivity index (χ2n) is 10.1. The molecule has 11 atom stereocenters. The highest BCUT2D eigenvalue weighted by molar-refractivity contribution is 6.67. The van der Waals surface area contributed by atoms with Gasteiger partial charge in [-0.15, -0.1) is 58.0 Å². The molecule has 6 bridgehead atoms. The van der Waals surface area contributed by atoms with Gasteiger partial charge in [0.1, 0.15) is 19.5 Å². The lowest BCUT2D eigenvalue weighted by molar-refractivity contribution is 0.305. The van der Waals surface area contributed by atoms with Gasteiger partial charge in [0.05, 0.1) is 25.5 Å². The number of rotatable bonds is 0. The minimum Gasteiger partial charge on any atom is -0.118 e.